The summed E-state index contributed by atoms with van der Waals surface area (Å²) in [4.78, 5) is 56.2. The van der Waals surface area contributed by atoms with Gasteiger partial charge in [-0.3, -0.25) is 24.2 Å². The molecular weight excluding hydrogens is 487 g/mol. The number of carbonyl (C=O) groups is 4. The Hall–Kier alpha value is -4.40. The van der Waals surface area contributed by atoms with E-state index in [1.807, 2.05) is 13.0 Å². The molecule has 3 rings (SSSR count). The van der Waals surface area contributed by atoms with E-state index in [2.05, 4.69) is 20.9 Å². The molecule has 8 nitrogen and oxygen atoms in total. The van der Waals surface area contributed by atoms with Gasteiger partial charge in [-0.1, -0.05) is 56.7 Å². The molecule has 3 amide bonds. The molecule has 3 atom stereocenters. The van der Waals surface area contributed by atoms with Gasteiger partial charge in [-0.2, -0.15) is 0 Å². The lowest BCUT2D eigenvalue weighted by molar-refractivity contribution is -0.140. The van der Waals surface area contributed by atoms with Gasteiger partial charge in [-0.05, 0) is 47.9 Å². The number of rotatable bonds is 12. The zero-order valence-corrected chi connectivity index (χ0v) is 21.3. The highest BCUT2D eigenvalue weighted by Gasteiger charge is 2.32. The van der Waals surface area contributed by atoms with E-state index >= 15 is 0 Å². The maximum Gasteiger partial charge on any atom is 0.289 e. The SMILES string of the molecule is CC[C@@H](C)C(NC(=O)c1ccc(F)cc1)C(=O)N[C@H](Cc1ccccc1)C(=O)C(=O)NCc1ccccn1. The minimum absolute atomic E-state index is 0.0562. The summed E-state index contributed by atoms with van der Waals surface area (Å²) in [5, 5.41) is 7.94. The Morgan fingerprint density at radius 2 is 1.58 bits per heavy atom. The van der Waals surface area contributed by atoms with Gasteiger partial charge >= 0.3 is 0 Å². The van der Waals surface area contributed by atoms with Gasteiger partial charge in [0.25, 0.3) is 11.8 Å². The van der Waals surface area contributed by atoms with Crippen LogP contribution in [0.3, 0.4) is 0 Å². The summed E-state index contributed by atoms with van der Waals surface area (Å²) in [5.74, 6) is -3.59. The molecule has 1 aromatic heterocycles. The predicted octanol–water partition coefficient (Wildman–Crippen LogP) is 2.98. The van der Waals surface area contributed by atoms with Crippen LogP contribution in [0.25, 0.3) is 0 Å². The van der Waals surface area contributed by atoms with Crippen molar-refractivity contribution in [2.75, 3.05) is 0 Å². The highest BCUT2D eigenvalue weighted by atomic mass is 19.1. The number of halogens is 1. The van der Waals surface area contributed by atoms with Gasteiger partial charge in [0.15, 0.2) is 0 Å². The Kier molecular flexibility index (Phi) is 10.2. The molecule has 1 heterocycles. The smallest absolute Gasteiger partial charge is 0.289 e. The van der Waals surface area contributed by atoms with E-state index in [0.717, 1.165) is 17.7 Å². The first-order valence-electron chi connectivity index (χ1n) is 12.4. The first-order valence-corrected chi connectivity index (χ1v) is 12.4. The van der Waals surface area contributed by atoms with Crippen LogP contribution in [-0.4, -0.2) is 40.6 Å². The van der Waals surface area contributed by atoms with E-state index in [0.29, 0.717) is 12.1 Å². The van der Waals surface area contributed by atoms with Crippen molar-refractivity contribution in [3.05, 3.63) is 102 Å². The summed E-state index contributed by atoms with van der Waals surface area (Å²) in [6.07, 6.45) is 2.22. The number of Topliss-reactive ketones (excluding diaryl/α,β-unsaturated/α-hetero) is 1. The highest BCUT2D eigenvalue weighted by molar-refractivity contribution is 6.38. The molecule has 0 aliphatic heterocycles. The van der Waals surface area contributed by atoms with Crippen LogP contribution in [0.15, 0.2) is 79.0 Å². The molecule has 0 aliphatic carbocycles. The van der Waals surface area contributed by atoms with Gasteiger partial charge in [0.2, 0.25) is 11.7 Å². The molecular formula is C29H31FN4O4. The summed E-state index contributed by atoms with van der Waals surface area (Å²) in [6.45, 7) is 3.72. The zero-order chi connectivity index (χ0) is 27.5. The molecule has 2 aromatic carbocycles. The number of nitrogens with one attached hydrogen (secondary N) is 3. The number of pyridine rings is 1. The Labute approximate surface area is 221 Å². The summed E-state index contributed by atoms with van der Waals surface area (Å²) in [5.41, 5.74) is 1.52. The second-order valence-electron chi connectivity index (χ2n) is 8.96. The quantitative estimate of drug-likeness (QED) is 0.319. The average molecular weight is 519 g/mol. The van der Waals surface area contributed by atoms with Crippen LogP contribution in [0.5, 0.6) is 0 Å². The number of benzene rings is 2. The Balaban J connectivity index is 1.76. The summed E-state index contributed by atoms with van der Waals surface area (Å²) in [6, 6.07) is 17.0. The number of aromatic nitrogens is 1. The van der Waals surface area contributed by atoms with Crippen LogP contribution < -0.4 is 16.0 Å². The predicted molar refractivity (Wildman–Crippen MR) is 140 cm³/mol. The summed E-state index contributed by atoms with van der Waals surface area (Å²) >= 11 is 0. The van der Waals surface area contributed by atoms with Crippen molar-refractivity contribution in [1.29, 1.82) is 0 Å². The number of ketones is 1. The highest BCUT2D eigenvalue weighted by Crippen LogP contribution is 2.12. The normalized spacial score (nSPS) is 13.0. The van der Waals surface area contributed by atoms with Gasteiger partial charge in [0.05, 0.1) is 12.2 Å². The minimum Gasteiger partial charge on any atom is -0.344 e. The lowest BCUT2D eigenvalue weighted by Crippen LogP contribution is -2.56. The standard InChI is InChI=1S/C29H31FN4O4/c1-3-19(2)25(34-27(36)21-12-14-22(30)15-13-21)28(37)33-24(17-20-9-5-4-6-10-20)26(35)29(38)32-18-23-11-7-8-16-31-23/h4-16,19,24-25H,3,17-18H2,1-2H3,(H,32,38)(H,33,37)(H,34,36)/t19-,24-,25?/m1/s1. The van der Waals surface area contributed by atoms with Crippen molar-refractivity contribution in [2.24, 2.45) is 5.92 Å². The molecule has 0 bridgehead atoms. The molecule has 3 N–H and O–H groups in total. The molecule has 0 saturated carbocycles. The second kappa shape index (κ2) is 13.8. The van der Waals surface area contributed by atoms with Gasteiger partial charge in [-0.15, -0.1) is 0 Å². The number of hydrogen-bond acceptors (Lipinski definition) is 5. The number of amides is 3. The molecule has 198 valence electrons. The summed E-state index contributed by atoms with van der Waals surface area (Å²) in [7, 11) is 0. The van der Waals surface area contributed by atoms with Crippen LogP contribution in [0.2, 0.25) is 0 Å². The third kappa shape index (κ3) is 8.06. The second-order valence-corrected chi connectivity index (χ2v) is 8.96. The average Bonchev–Trinajstić information content (AvgIpc) is 2.94. The molecule has 1 unspecified atom stereocenters. The van der Waals surface area contributed by atoms with Crippen LogP contribution in [-0.2, 0) is 27.3 Å². The molecule has 38 heavy (non-hydrogen) atoms. The fourth-order valence-corrected chi connectivity index (χ4v) is 3.77. The number of hydrogen-bond donors (Lipinski definition) is 3. The molecule has 0 saturated heterocycles. The van der Waals surface area contributed by atoms with Crippen molar-refractivity contribution in [3.63, 3.8) is 0 Å². The monoisotopic (exact) mass is 518 g/mol. The molecule has 0 fully saturated rings. The molecule has 3 aromatic rings. The van der Waals surface area contributed by atoms with E-state index in [9.17, 15) is 23.6 Å². The van der Waals surface area contributed by atoms with Crippen molar-refractivity contribution >= 4 is 23.5 Å². The maximum atomic E-state index is 13.4. The van der Waals surface area contributed by atoms with Gasteiger partial charge in [-0.25, -0.2) is 4.39 Å². The first kappa shape index (κ1) is 28.2. The van der Waals surface area contributed by atoms with Crippen molar-refractivity contribution < 1.29 is 23.6 Å². The van der Waals surface area contributed by atoms with Gasteiger partial charge in [0.1, 0.15) is 17.9 Å². The Bertz CT molecular complexity index is 1240. The van der Waals surface area contributed by atoms with Crippen LogP contribution >= 0.6 is 0 Å². The molecule has 9 heteroatoms. The van der Waals surface area contributed by atoms with E-state index in [1.165, 1.54) is 12.1 Å². The van der Waals surface area contributed by atoms with Crippen LogP contribution in [0.1, 0.15) is 41.9 Å². The van der Waals surface area contributed by atoms with E-state index in [1.54, 1.807) is 55.6 Å². The fraction of sp³-hybridized carbons (Fsp3) is 0.276. The third-order valence-corrected chi connectivity index (χ3v) is 6.18. The molecule has 0 spiro atoms. The third-order valence-electron chi connectivity index (χ3n) is 6.18. The number of nitrogens with zero attached hydrogens (tertiary/aromatic N) is 1. The van der Waals surface area contributed by atoms with Crippen molar-refractivity contribution in [3.8, 4) is 0 Å². The van der Waals surface area contributed by atoms with Gasteiger partial charge in [0, 0.05) is 18.2 Å². The van der Waals surface area contributed by atoms with Gasteiger partial charge < -0.3 is 16.0 Å². The van der Waals surface area contributed by atoms with Crippen molar-refractivity contribution in [1.82, 2.24) is 20.9 Å². The largest absolute Gasteiger partial charge is 0.344 e. The van der Waals surface area contributed by atoms with Crippen LogP contribution in [0, 0.1) is 11.7 Å². The van der Waals surface area contributed by atoms with Crippen LogP contribution in [0.4, 0.5) is 4.39 Å². The zero-order valence-electron chi connectivity index (χ0n) is 21.3. The Morgan fingerprint density at radius 1 is 0.895 bits per heavy atom. The fourth-order valence-electron chi connectivity index (χ4n) is 3.77. The summed E-state index contributed by atoms with van der Waals surface area (Å²) < 4.78 is 13.3. The van der Waals surface area contributed by atoms with E-state index < -0.39 is 41.4 Å². The van der Waals surface area contributed by atoms with E-state index in [4.69, 9.17) is 0 Å². The first-order chi connectivity index (χ1) is 18.3. The lowest BCUT2D eigenvalue weighted by Gasteiger charge is -2.26. The topological polar surface area (TPSA) is 117 Å². The van der Waals surface area contributed by atoms with E-state index in [-0.39, 0.29) is 24.4 Å². The maximum absolute atomic E-state index is 13.4. The Morgan fingerprint density at radius 3 is 2.21 bits per heavy atom. The lowest BCUT2D eigenvalue weighted by atomic mass is 9.96. The molecule has 0 radical (unpaired) electrons. The molecule has 0 aliphatic rings. The van der Waals surface area contributed by atoms with Crippen molar-refractivity contribution in [2.45, 2.75) is 45.3 Å². The number of carbonyl (C=O) groups excluding carboxylic acids is 4. The minimum atomic E-state index is -1.16.